The molecule has 3 N–H and O–H groups in total. The van der Waals surface area contributed by atoms with Crippen molar-refractivity contribution in [2.75, 3.05) is 7.11 Å². The number of carbonyl (C=O) groups excluding carboxylic acids is 2. The third-order valence-corrected chi connectivity index (χ3v) is 2.66. The van der Waals surface area contributed by atoms with Crippen LogP contribution in [0.1, 0.15) is 19.4 Å². The van der Waals surface area contributed by atoms with Gasteiger partial charge in [0, 0.05) is 6.42 Å². The van der Waals surface area contributed by atoms with Crippen LogP contribution in [-0.4, -0.2) is 30.6 Å². The molecular weight excluding hydrogens is 244 g/mol. The molecule has 1 aromatic carbocycles. The largest absolute Gasteiger partial charge is 0.467 e. The number of methoxy groups -OCH3 is 1. The Morgan fingerprint density at radius 3 is 2.37 bits per heavy atom. The van der Waals surface area contributed by atoms with Crippen LogP contribution in [0.15, 0.2) is 30.3 Å². The summed E-state index contributed by atoms with van der Waals surface area (Å²) >= 11 is 0. The van der Waals surface area contributed by atoms with Crippen molar-refractivity contribution in [2.24, 2.45) is 5.73 Å². The van der Waals surface area contributed by atoms with E-state index < -0.39 is 17.6 Å². The Kier molecular flexibility index (Phi) is 5.06. The summed E-state index contributed by atoms with van der Waals surface area (Å²) in [6.07, 6.45) is 0.370. The van der Waals surface area contributed by atoms with Crippen LogP contribution in [-0.2, 0) is 20.7 Å². The minimum atomic E-state index is -1.04. The number of amides is 1. The smallest absolute Gasteiger partial charge is 0.328 e. The molecule has 0 radical (unpaired) electrons. The van der Waals surface area contributed by atoms with Crippen LogP contribution in [0, 0.1) is 0 Å². The van der Waals surface area contributed by atoms with Gasteiger partial charge in [0.05, 0.1) is 12.6 Å². The molecule has 1 atom stereocenters. The Labute approximate surface area is 113 Å². The van der Waals surface area contributed by atoms with Gasteiger partial charge >= 0.3 is 5.97 Å². The third kappa shape index (κ3) is 4.71. The molecule has 0 aliphatic heterocycles. The molecule has 0 spiro atoms. The minimum absolute atomic E-state index is 0.370. The van der Waals surface area contributed by atoms with Crippen LogP contribution in [0.4, 0.5) is 0 Å². The molecule has 0 aliphatic rings. The zero-order valence-electron chi connectivity index (χ0n) is 11.5. The van der Waals surface area contributed by atoms with Gasteiger partial charge in [-0.15, -0.1) is 0 Å². The lowest BCUT2D eigenvalue weighted by Gasteiger charge is -2.22. The van der Waals surface area contributed by atoms with Gasteiger partial charge in [-0.3, -0.25) is 4.79 Å². The Morgan fingerprint density at radius 2 is 1.89 bits per heavy atom. The molecule has 19 heavy (non-hydrogen) atoms. The molecule has 0 unspecified atom stereocenters. The maximum atomic E-state index is 11.8. The molecule has 1 aromatic rings. The van der Waals surface area contributed by atoms with Gasteiger partial charge in [0.15, 0.2) is 0 Å². The number of hydrogen-bond acceptors (Lipinski definition) is 4. The van der Waals surface area contributed by atoms with Crippen molar-refractivity contribution in [2.45, 2.75) is 31.8 Å². The van der Waals surface area contributed by atoms with Gasteiger partial charge < -0.3 is 15.8 Å². The average Bonchev–Trinajstić information content (AvgIpc) is 2.37. The number of ether oxygens (including phenoxy) is 1. The van der Waals surface area contributed by atoms with E-state index in [9.17, 15) is 9.59 Å². The fourth-order valence-corrected chi connectivity index (χ4v) is 1.53. The van der Waals surface area contributed by atoms with Crippen molar-refractivity contribution in [3.63, 3.8) is 0 Å². The van der Waals surface area contributed by atoms with E-state index in [1.165, 1.54) is 7.11 Å². The SMILES string of the molecule is COC(=O)[C@H](Cc1ccccc1)NC(=O)C(C)(C)N. The Hall–Kier alpha value is -1.88. The number of nitrogens with two attached hydrogens (primary N) is 1. The summed E-state index contributed by atoms with van der Waals surface area (Å²) < 4.78 is 4.70. The molecule has 5 heteroatoms. The fourth-order valence-electron chi connectivity index (χ4n) is 1.53. The molecule has 0 fully saturated rings. The monoisotopic (exact) mass is 264 g/mol. The van der Waals surface area contributed by atoms with Crippen molar-refractivity contribution in [3.8, 4) is 0 Å². The molecule has 1 amide bonds. The summed E-state index contributed by atoms with van der Waals surface area (Å²) in [6.45, 7) is 3.17. The Bertz CT molecular complexity index is 438. The predicted molar refractivity (Wildman–Crippen MR) is 72.4 cm³/mol. The molecule has 1 rings (SSSR count). The Morgan fingerprint density at radius 1 is 1.32 bits per heavy atom. The molecule has 0 bridgehead atoms. The molecule has 0 aliphatic carbocycles. The number of hydrogen-bond donors (Lipinski definition) is 2. The standard InChI is InChI=1S/C14H20N2O3/c1-14(2,15)13(18)16-11(12(17)19-3)9-10-7-5-4-6-8-10/h4-8,11H,9,15H2,1-3H3,(H,16,18)/t11-/m0/s1. The van der Waals surface area contributed by atoms with Gasteiger partial charge in [-0.05, 0) is 19.4 Å². The predicted octanol–water partition coefficient (Wildman–Crippen LogP) is 0.624. The van der Waals surface area contributed by atoms with Gasteiger partial charge in [-0.25, -0.2) is 4.79 Å². The summed E-state index contributed by atoms with van der Waals surface area (Å²) in [5.74, 6) is -0.875. The summed E-state index contributed by atoms with van der Waals surface area (Å²) in [5, 5.41) is 2.62. The first-order valence-corrected chi connectivity index (χ1v) is 6.06. The first kappa shape index (κ1) is 15.2. The van der Waals surface area contributed by atoms with Crippen molar-refractivity contribution in [1.82, 2.24) is 5.32 Å². The first-order valence-electron chi connectivity index (χ1n) is 6.06. The van der Waals surface area contributed by atoms with Crippen molar-refractivity contribution >= 4 is 11.9 Å². The molecule has 0 heterocycles. The van der Waals surface area contributed by atoms with E-state index in [0.717, 1.165) is 5.56 Å². The maximum absolute atomic E-state index is 11.8. The summed E-state index contributed by atoms with van der Waals surface area (Å²) in [6, 6.07) is 8.67. The summed E-state index contributed by atoms with van der Waals surface area (Å²) in [5.41, 5.74) is 5.60. The van der Waals surface area contributed by atoms with Crippen LogP contribution in [0.3, 0.4) is 0 Å². The highest BCUT2D eigenvalue weighted by Gasteiger charge is 2.28. The molecule has 0 saturated carbocycles. The molecule has 104 valence electrons. The number of carbonyl (C=O) groups is 2. The highest BCUT2D eigenvalue weighted by molar-refractivity contribution is 5.89. The highest BCUT2D eigenvalue weighted by Crippen LogP contribution is 2.06. The van der Waals surface area contributed by atoms with Gasteiger partial charge in [-0.2, -0.15) is 0 Å². The molecule has 0 saturated heterocycles. The maximum Gasteiger partial charge on any atom is 0.328 e. The normalized spacial score (nSPS) is 12.6. The van der Waals surface area contributed by atoms with Crippen molar-refractivity contribution in [1.29, 1.82) is 0 Å². The van der Waals surface area contributed by atoms with E-state index in [1.807, 2.05) is 30.3 Å². The second-order valence-electron chi connectivity index (χ2n) is 4.96. The second-order valence-corrected chi connectivity index (χ2v) is 4.96. The van der Waals surface area contributed by atoms with E-state index in [1.54, 1.807) is 13.8 Å². The summed E-state index contributed by atoms with van der Waals surface area (Å²) in [4.78, 5) is 23.5. The van der Waals surface area contributed by atoms with Gasteiger partial charge in [0.25, 0.3) is 0 Å². The van der Waals surface area contributed by atoms with Crippen molar-refractivity contribution < 1.29 is 14.3 Å². The third-order valence-electron chi connectivity index (χ3n) is 2.66. The fraction of sp³-hybridized carbons (Fsp3) is 0.429. The van der Waals surface area contributed by atoms with Crippen LogP contribution >= 0.6 is 0 Å². The van der Waals surface area contributed by atoms with Crippen LogP contribution in [0.5, 0.6) is 0 Å². The van der Waals surface area contributed by atoms with E-state index in [-0.39, 0.29) is 5.91 Å². The van der Waals surface area contributed by atoms with Gasteiger partial charge in [-0.1, -0.05) is 30.3 Å². The topological polar surface area (TPSA) is 81.4 Å². The van der Waals surface area contributed by atoms with Gasteiger partial charge in [0.2, 0.25) is 5.91 Å². The minimum Gasteiger partial charge on any atom is -0.467 e. The molecule has 0 aromatic heterocycles. The first-order chi connectivity index (χ1) is 8.84. The lowest BCUT2D eigenvalue weighted by molar-refractivity contribution is -0.145. The Balaban J connectivity index is 2.79. The van der Waals surface area contributed by atoms with E-state index in [0.29, 0.717) is 6.42 Å². The average molecular weight is 264 g/mol. The van der Waals surface area contributed by atoms with E-state index >= 15 is 0 Å². The number of nitrogens with one attached hydrogen (secondary N) is 1. The van der Waals surface area contributed by atoms with E-state index in [2.05, 4.69) is 5.32 Å². The lowest BCUT2D eigenvalue weighted by atomic mass is 10.0. The quantitative estimate of drug-likeness (QED) is 0.764. The lowest BCUT2D eigenvalue weighted by Crippen LogP contribution is -2.54. The summed E-state index contributed by atoms with van der Waals surface area (Å²) in [7, 11) is 1.29. The second kappa shape index (κ2) is 6.33. The van der Waals surface area contributed by atoms with Crippen molar-refractivity contribution in [3.05, 3.63) is 35.9 Å². The zero-order valence-corrected chi connectivity index (χ0v) is 11.5. The van der Waals surface area contributed by atoms with Crippen LogP contribution < -0.4 is 11.1 Å². The van der Waals surface area contributed by atoms with Crippen LogP contribution in [0.25, 0.3) is 0 Å². The molecule has 5 nitrogen and oxygen atoms in total. The number of esters is 1. The van der Waals surface area contributed by atoms with E-state index in [4.69, 9.17) is 10.5 Å². The van der Waals surface area contributed by atoms with Crippen LogP contribution in [0.2, 0.25) is 0 Å². The number of benzene rings is 1. The molecular formula is C14H20N2O3. The highest BCUT2D eigenvalue weighted by atomic mass is 16.5. The number of rotatable bonds is 5. The zero-order chi connectivity index (χ0) is 14.5. The van der Waals surface area contributed by atoms with Gasteiger partial charge in [0.1, 0.15) is 6.04 Å².